The molecule has 1 saturated carbocycles. The van der Waals surface area contributed by atoms with Gasteiger partial charge in [0.1, 0.15) is 11.4 Å². The number of halogens is 1. The molecular weight excluding hydrogens is 418 g/mol. The molecule has 1 aromatic heterocycles. The lowest BCUT2D eigenvalue weighted by atomic mass is 10.2. The van der Waals surface area contributed by atoms with Crippen molar-refractivity contribution in [2.75, 3.05) is 13.2 Å². The third kappa shape index (κ3) is 5.68. The number of urea groups is 1. The Morgan fingerprint density at radius 2 is 1.86 bits per heavy atom. The monoisotopic (exact) mass is 437 g/mol. The summed E-state index contributed by atoms with van der Waals surface area (Å²) < 4.78 is 5.63. The van der Waals surface area contributed by atoms with Crippen molar-refractivity contribution in [2.24, 2.45) is 0 Å². The average molecular weight is 438 g/mol. The summed E-state index contributed by atoms with van der Waals surface area (Å²) in [5.74, 6) is -2.05. The Kier molecular flexibility index (Phi) is 7.05. The number of ether oxygens (including phenoxy) is 1. The SMILES string of the molecule is O=C(COC(=O)CNC(=O)c1sc2ccccc2c1Cl)NC(=O)NC1CCCC1. The van der Waals surface area contributed by atoms with E-state index >= 15 is 0 Å². The summed E-state index contributed by atoms with van der Waals surface area (Å²) in [7, 11) is 0. The van der Waals surface area contributed by atoms with Gasteiger partial charge in [0, 0.05) is 16.1 Å². The number of imide groups is 1. The lowest BCUT2D eigenvalue weighted by Gasteiger charge is -2.12. The van der Waals surface area contributed by atoms with Gasteiger partial charge in [0.05, 0.1) is 5.02 Å². The summed E-state index contributed by atoms with van der Waals surface area (Å²) in [6.07, 6.45) is 3.88. The van der Waals surface area contributed by atoms with Crippen molar-refractivity contribution in [3.05, 3.63) is 34.2 Å². The van der Waals surface area contributed by atoms with Gasteiger partial charge in [-0.25, -0.2) is 4.79 Å². The lowest BCUT2D eigenvalue weighted by molar-refractivity contribution is -0.147. The van der Waals surface area contributed by atoms with Crippen LogP contribution in [-0.2, 0) is 14.3 Å². The van der Waals surface area contributed by atoms with Crippen molar-refractivity contribution >= 4 is 56.8 Å². The molecule has 1 aliphatic carbocycles. The molecule has 1 aromatic carbocycles. The number of carbonyl (C=O) groups excluding carboxylic acids is 4. The summed E-state index contributed by atoms with van der Waals surface area (Å²) >= 11 is 7.44. The summed E-state index contributed by atoms with van der Waals surface area (Å²) in [6.45, 7) is -1.04. The molecule has 3 N–H and O–H groups in total. The highest BCUT2D eigenvalue weighted by Gasteiger charge is 2.20. The normalized spacial score (nSPS) is 13.8. The average Bonchev–Trinajstić information content (AvgIpc) is 3.32. The number of hydrogen-bond donors (Lipinski definition) is 3. The van der Waals surface area contributed by atoms with Crippen LogP contribution in [0.15, 0.2) is 24.3 Å². The fourth-order valence-electron chi connectivity index (χ4n) is 3.04. The first-order valence-corrected chi connectivity index (χ1v) is 10.3. The Hall–Kier alpha value is -2.65. The van der Waals surface area contributed by atoms with Gasteiger partial charge in [-0.3, -0.25) is 19.7 Å². The number of hydrogen-bond acceptors (Lipinski definition) is 6. The highest BCUT2D eigenvalue weighted by molar-refractivity contribution is 7.21. The van der Waals surface area contributed by atoms with Crippen molar-refractivity contribution in [2.45, 2.75) is 31.7 Å². The molecule has 0 saturated heterocycles. The van der Waals surface area contributed by atoms with Gasteiger partial charge >= 0.3 is 12.0 Å². The molecule has 154 valence electrons. The first kappa shape index (κ1) is 21.1. The topological polar surface area (TPSA) is 114 Å². The molecule has 10 heteroatoms. The molecule has 1 fully saturated rings. The van der Waals surface area contributed by atoms with E-state index in [9.17, 15) is 19.2 Å². The minimum Gasteiger partial charge on any atom is -0.454 e. The molecule has 0 aliphatic heterocycles. The summed E-state index contributed by atoms with van der Waals surface area (Å²) in [6, 6.07) is 6.78. The van der Waals surface area contributed by atoms with E-state index in [1.54, 1.807) is 6.07 Å². The van der Waals surface area contributed by atoms with Crippen LogP contribution < -0.4 is 16.0 Å². The molecule has 0 radical (unpaired) electrons. The maximum Gasteiger partial charge on any atom is 0.325 e. The predicted molar refractivity (Wildman–Crippen MR) is 109 cm³/mol. The van der Waals surface area contributed by atoms with Crippen molar-refractivity contribution in [1.29, 1.82) is 0 Å². The fraction of sp³-hybridized carbons (Fsp3) is 0.368. The second-order valence-electron chi connectivity index (χ2n) is 6.59. The van der Waals surface area contributed by atoms with Crippen molar-refractivity contribution in [1.82, 2.24) is 16.0 Å². The van der Waals surface area contributed by atoms with E-state index < -0.39 is 37.0 Å². The molecule has 8 nitrogen and oxygen atoms in total. The standard InChI is InChI=1S/C19H20ClN3O5S/c20-16-12-7-3-4-8-13(12)29-17(16)18(26)21-9-15(25)28-10-14(24)23-19(27)22-11-5-1-2-6-11/h3-4,7-8,11H,1-2,5-6,9-10H2,(H,21,26)(H2,22,23,24,27). The van der Waals surface area contributed by atoms with Gasteiger partial charge in [-0.1, -0.05) is 42.6 Å². The summed E-state index contributed by atoms with van der Waals surface area (Å²) in [5, 5.41) is 8.30. The molecule has 0 bridgehead atoms. The molecule has 1 heterocycles. The highest BCUT2D eigenvalue weighted by atomic mass is 35.5. The Balaban J connectivity index is 1.39. The van der Waals surface area contributed by atoms with E-state index in [1.165, 1.54) is 11.3 Å². The van der Waals surface area contributed by atoms with Crippen LogP contribution in [0.3, 0.4) is 0 Å². The van der Waals surface area contributed by atoms with Gasteiger partial charge in [-0.2, -0.15) is 0 Å². The predicted octanol–water partition coefficient (Wildman–Crippen LogP) is 2.60. The number of fused-ring (bicyclic) bond motifs is 1. The Labute approximate surface area is 175 Å². The molecular formula is C19H20ClN3O5S. The van der Waals surface area contributed by atoms with E-state index in [2.05, 4.69) is 16.0 Å². The molecule has 2 aromatic rings. The summed E-state index contributed by atoms with van der Waals surface area (Å²) in [4.78, 5) is 47.7. The van der Waals surface area contributed by atoms with Crippen LogP contribution in [0, 0.1) is 0 Å². The maximum absolute atomic E-state index is 12.3. The molecule has 0 atom stereocenters. The van der Waals surface area contributed by atoms with Crippen LogP contribution in [0.5, 0.6) is 0 Å². The fourth-order valence-corrected chi connectivity index (χ4v) is 4.48. The Morgan fingerprint density at radius 3 is 2.59 bits per heavy atom. The highest BCUT2D eigenvalue weighted by Crippen LogP contribution is 2.34. The van der Waals surface area contributed by atoms with Crippen LogP contribution in [0.25, 0.3) is 10.1 Å². The minimum atomic E-state index is -0.804. The Morgan fingerprint density at radius 1 is 1.14 bits per heavy atom. The third-order valence-electron chi connectivity index (χ3n) is 4.44. The van der Waals surface area contributed by atoms with Crippen LogP contribution in [-0.4, -0.2) is 43.0 Å². The van der Waals surface area contributed by atoms with E-state index in [0.717, 1.165) is 35.8 Å². The van der Waals surface area contributed by atoms with Gasteiger partial charge in [-0.15, -0.1) is 11.3 Å². The number of carbonyl (C=O) groups is 4. The number of benzene rings is 1. The molecule has 0 spiro atoms. The van der Waals surface area contributed by atoms with E-state index in [1.807, 2.05) is 18.2 Å². The second kappa shape index (κ2) is 9.71. The zero-order valence-corrected chi connectivity index (χ0v) is 17.0. The molecule has 4 amide bonds. The number of amides is 4. The van der Waals surface area contributed by atoms with Gasteiger partial charge in [-0.05, 0) is 18.9 Å². The quantitative estimate of drug-likeness (QED) is 0.601. The zero-order valence-electron chi connectivity index (χ0n) is 15.5. The van der Waals surface area contributed by atoms with E-state index in [4.69, 9.17) is 16.3 Å². The molecule has 3 rings (SSSR count). The van der Waals surface area contributed by atoms with Crippen LogP contribution in [0.1, 0.15) is 35.4 Å². The number of nitrogens with one attached hydrogen (secondary N) is 3. The van der Waals surface area contributed by atoms with E-state index in [0.29, 0.717) is 9.90 Å². The first-order valence-electron chi connectivity index (χ1n) is 9.15. The molecule has 1 aliphatic rings. The van der Waals surface area contributed by atoms with Gasteiger partial charge < -0.3 is 15.4 Å². The molecule has 0 unspecified atom stereocenters. The second-order valence-corrected chi connectivity index (χ2v) is 8.02. The largest absolute Gasteiger partial charge is 0.454 e. The van der Waals surface area contributed by atoms with Gasteiger partial charge in [0.2, 0.25) is 0 Å². The van der Waals surface area contributed by atoms with Crippen LogP contribution in [0.4, 0.5) is 4.79 Å². The van der Waals surface area contributed by atoms with Crippen molar-refractivity contribution < 1.29 is 23.9 Å². The lowest BCUT2D eigenvalue weighted by Crippen LogP contribution is -2.45. The number of esters is 1. The molecule has 29 heavy (non-hydrogen) atoms. The smallest absolute Gasteiger partial charge is 0.325 e. The van der Waals surface area contributed by atoms with Gasteiger partial charge in [0.15, 0.2) is 6.61 Å². The maximum atomic E-state index is 12.3. The van der Waals surface area contributed by atoms with Gasteiger partial charge in [0.25, 0.3) is 11.8 Å². The number of rotatable bonds is 6. The number of thiophene rings is 1. The van der Waals surface area contributed by atoms with E-state index in [-0.39, 0.29) is 6.04 Å². The zero-order chi connectivity index (χ0) is 20.8. The van der Waals surface area contributed by atoms with Crippen molar-refractivity contribution in [3.8, 4) is 0 Å². The van der Waals surface area contributed by atoms with Crippen molar-refractivity contribution in [3.63, 3.8) is 0 Å². The summed E-state index contributed by atoms with van der Waals surface area (Å²) in [5.41, 5.74) is 0. The minimum absolute atomic E-state index is 0.0706. The Bertz CT molecular complexity index is 939. The van der Waals surface area contributed by atoms with Crippen LogP contribution >= 0.6 is 22.9 Å². The first-order chi connectivity index (χ1) is 13.9. The third-order valence-corrected chi connectivity index (χ3v) is 6.12. The van der Waals surface area contributed by atoms with Crippen LogP contribution in [0.2, 0.25) is 5.02 Å².